The Hall–Kier alpha value is -3.88. The third-order valence-electron chi connectivity index (χ3n) is 7.04. The van der Waals surface area contributed by atoms with Gasteiger partial charge in [-0.05, 0) is 113 Å². The Labute approximate surface area is 518 Å². The van der Waals surface area contributed by atoms with E-state index in [-0.39, 0.29) is 49.8 Å². The SMILES string of the molecule is C#CCCO.CC(C)I.CO.COC(=O)C(c1cc(Br)no1)C(C)C.COC(=O)Cc1cc(Br)no1.COc1cc(C(C(=O)O)C(C)C)on1.O=C(O)Cc1cc(Br)no1.O=S(=O)(O)O.OCCc1cc(Br)no1.ON=C(Br)Br. The molecule has 0 aliphatic carbocycles. The highest BCUT2D eigenvalue weighted by Gasteiger charge is 2.29. The van der Waals surface area contributed by atoms with Crippen LogP contribution in [-0.4, -0.2) is 147 Å². The van der Waals surface area contributed by atoms with Gasteiger partial charge >= 0.3 is 34.3 Å². The lowest BCUT2D eigenvalue weighted by Gasteiger charge is -2.14. The van der Waals surface area contributed by atoms with E-state index in [1.165, 1.54) is 33.5 Å². The van der Waals surface area contributed by atoms with Gasteiger partial charge < -0.3 is 67.6 Å². The first-order valence-corrected chi connectivity index (χ1v) is 28.7. The van der Waals surface area contributed by atoms with Crippen LogP contribution in [-0.2, 0) is 58.3 Å². The molecule has 79 heavy (non-hydrogen) atoms. The molecule has 28 nitrogen and oxygen atoms in total. The number of aliphatic hydroxyl groups is 3. The maximum atomic E-state index is 11.4. The lowest BCUT2D eigenvalue weighted by atomic mass is 9.93. The minimum absolute atomic E-state index is 0.0508. The van der Waals surface area contributed by atoms with Crippen LogP contribution in [0.2, 0.25) is 0 Å². The van der Waals surface area contributed by atoms with Crippen LogP contribution in [0.5, 0.6) is 5.88 Å². The summed E-state index contributed by atoms with van der Waals surface area (Å²) in [7, 11) is 0.476. The molecule has 450 valence electrons. The zero-order valence-electron chi connectivity index (χ0n) is 43.6. The number of ether oxygens (including phenoxy) is 3. The van der Waals surface area contributed by atoms with E-state index in [2.05, 4.69) is 178 Å². The first kappa shape index (κ1) is 83.9. The molecule has 8 N–H and O–H groups in total. The number of carbonyl (C=O) groups is 4. The molecule has 0 aliphatic rings. The van der Waals surface area contributed by atoms with E-state index in [1.807, 2.05) is 27.7 Å². The number of terminal acetylenes is 1. The number of halogens is 7. The summed E-state index contributed by atoms with van der Waals surface area (Å²) in [6.45, 7) is 12.0. The summed E-state index contributed by atoms with van der Waals surface area (Å²) in [5.74, 6) is 1.46. The summed E-state index contributed by atoms with van der Waals surface area (Å²) >= 11 is 20.3. The molecule has 0 fully saturated rings. The van der Waals surface area contributed by atoms with Crippen molar-refractivity contribution < 1.29 is 104 Å². The van der Waals surface area contributed by atoms with Crippen molar-refractivity contribution in [2.45, 2.75) is 83.0 Å². The van der Waals surface area contributed by atoms with Crippen LogP contribution in [0.3, 0.4) is 0 Å². The third kappa shape index (κ3) is 52.0. The predicted molar refractivity (Wildman–Crippen MR) is 312 cm³/mol. The number of aromatic nitrogens is 5. The molecular weight excluding hydrogens is 1590 g/mol. The van der Waals surface area contributed by atoms with E-state index >= 15 is 0 Å². The number of hydrogen-bond acceptors (Lipinski definition) is 24. The number of hydrogen-bond donors (Lipinski definition) is 8. The average molecular weight is 1650 g/mol. The highest BCUT2D eigenvalue weighted by Crippen LogP contribution is 2.28. The van der Waals surface area contributed by atoms with Gasteiger partial charge in [0.2, 0.25) is 0 Å². The lowest BCUT2D eigenvalue weighted by Crippen LogP contribution is -2.18. The Morgan fingerprint density at radius 3 is 1.32 bits per heavy atom. The number of methoxy groups -OCH3 is 3. The fourth-order valence-electron chi connectivity index (χ4n) is 4.19. The van der Waals surface area contributed by atoms with E-state index in [1.54, 1.807) is 18.2 Å². The van der Waals surface area contributed by atoms with Crippen molar-refractivity contribution in [3.05, 3.63) is 77.5 Å². The number of oxime groups is 1. The van der Waals surface area contributed by atoms with Gasteiger partial charge in [-0.2, -0.15) is 8.42 Å². The molecule has 0 saturated carbocycles. The van der Waals surface area contributed by atoms with Gasteiger partial charge in [0.05, 0.1) is 34.5 Å². The van der Waals surface area contributed by atoms with Crippen molar-refractivity contribution in [1.82, 2.24) is 25.8 Å². The van der Waals surface area contributed by atoms with Crippen molar-refractivity contribution in [2.75, 3.05) is 41.7 Å². The minimum atomic E-state index is -4.67. The molecule has 0 saturated heterocycles. The van der Waals surface area contributed by atoms with Crippen molar-refractivity contribution in [2.24, 2.45) is 17.0 Å². The number of aliphatic carboxylic acids is 2. The highest BCUT2D eigenvalue weighted by molar-refractivity contribution is 14.1. The number of carbonyl (C=O) groups excluding carboxylic acids is 2. The van der Waals surface area contributed by atoms with Crippen LogP contribution < -0.4 is 4.74 Å². The lowest BCUT2D eigenvalue weighted by molar-refractivity contribution is -0.144. The van der Waals surface area contributed by atoms with Gasteiger partial charge in [0.1, 0.15) is 60.4 Å². The fourth-order valence-corrected chi connectivity index (χ4v) is 5.47. The van der Waals surface area contributed by atoms with Crippen molar-refractivity contribution in [3.63, 3.8) is 0 Å². The molecule has 5 rings (SSSR count). The average Bonchev–Trinajstić information content (AvgIpc) is 4.23. The molecule has 0 amide bonds. The fraction of sp³-hybridized carbons (Fsp3) is 0.488. The molecule has 2 unspecified atom stereocenters. The van der Waals surface area contributed by atoms with E-state index in [9.17, 15) is 19.2 Å². The Bertz CT molecular complexity index is 2550. The van der Waals surface area contributed by atoms with Crippen LogP contribution >= 0.6 is 118 Å². The second-order valence-electron chi connectivity index (χ2n) is 14.3. The summed E-state index contributed by atoms with van der Waals surface area (Å²) in [5.41, 5.74) is 0. The van der Waals surface area contributed by atoms with Crippen LogP contribution in [0.15, 0.2) is 76.5 Å². The van der Waals surface area contributed by atoms with Crippen LogP contribution in [0.4, 0.5) is 0 Å². The summed E-state index contributed by atoms with van der Waals surface area (Å²) in [6.07, 6.45) is 5.72. The minimum Gasteiger partial charge on any atom is -0.481 e. The topological polar surface area (TPSA) is 434 Å². The van der Waals surface area contributed by atoms with E-state index in [0.717, 1.165) is 11.0 Å². The summed E-state index contributed by atoms with van der Waals surface area (Å²) in [5, 5.41) is 68.6. The van der Waals surface area contributed by atoms with Gasteiger partial charge in [-0.25, -0.2) is 0 Å². The molecule has 36 heteroatoms. The normalized spacial score (nSPS) is 10.4. The number of aliphatic hydroxyl groups excluding tert-OH is 3. The second-order valence-corrected chi connectivity index (χ2v) is 23.5. The number of nitrogens with zero attached hydrogens (tertiary/aromatic N) is 6. The molecular formula is C43H61Br6IN6O22S. The van der Waals surface area contributed by atoms with Gasteiger partial charge in [0.25, 0.3) is 5.88 Å². The first-order chi connectivity index (χ1) is 36.8. The van der Waals surface area contributed by atoms with Gasteiger partial charge in [0.15, 0.2) is 15.1 Å². The zero-order valence-corrected chi connectivity index (χ0v) is 56.1. The number of carboxylic acid groups (broad SMARTS) is 2. The predicted octanol–water partition coefficient (Wildman–Crippen LogP) is 9.35. The number of esters is 2. The molecule has 0 aromatic carbocycles. The van der Waals surface area contributed by atoms with Crippen molar-refractivity contribution >= 4 is 156 Å². The van der Waals surface area contributed by atoms with Gasteiger partial charge in [-0.3, -0.25) is 28.3 Å². The third-order valence-corrected chi connectivity index (χ3v) is 8.85. The summed E-state index contributed by atoms with van der Waals surface area (Å²) in [6, 6.07) is 8.06. The van der Waals surface area contributed by atoms with Crippen LogP contribution in [0.1, 0.15) is 88.6 Å². The highest BCUT2D eigenvalue weighted by atomic mass is 127. The van der Waals surface area contributed by atoms with Crippen LogP contribution in [0.25, 0.3) is 0 Å². The Balaban J connectivity index is -0.000000267. The molecule has 5 heterocycles. The summed E-state index contributed by atoms with van der Waals surface area (Å²) in [4.78, 5) is 43.1. The molecule has 0 spiro atoms. The van der Waals surface area contributed by atoms with Gasteiger partial charge in [-0.15, -0.1) is 12.3 Å². The van der Waals surface area contributed by atoms with Crippen molar-refractivity contribution in [1.29, 1.82) is 0 Å². The van der Waals surface area contributed by atoms with Gasteiger partial charge in [0, 0.05) is 54.2 Å². The molecule has 0 radical (unpaired) electrons. The smallest absolute Gasteiger partial charge is 0.394 e. The monoisotopic (exact) mass is 1650 g/mol. The second kappa shape index (κ2) is 51.0. The molecule has 5 aromatic heterocycles. The Morgan fingerprint density at radius 2 is 1.06 bits per heavy atom. The standard InChI is InChI=1S/C9H12BrNO3.C9H13NO4.C6H6BrNO3.C5H4BrNO3.C5H6BrNO2.C4H6O.C3H7I.CHBr2NO.CH4O.H2O4S/c1-5(2)8(9(12)13-3)6-4-7(10)11-14-6;1-5(2)8(9(11)12)6-4-7(13-3)10-14-6;1-10-6(9)3-4-2-5(7)8-11-4;6-4-1-3(10-7-4)2-5(8)9;6-5-3-4(1-2-8)9-7-5;1-2-3-4-5;1-3(2)4;2-1(3)4-5;1-2;1-5(2,3)4/h4-5,8H,1-3H3;4-5,8H,1-3H3,(H,11,12);2H,3H2,1H3;1H,2H2,(H,8,9);3,8H,1-2H2;1,5H,3-4H2;3H,1-2H3;5H;2H,1H3;(H2,1,2,3,4). The molecule has 0 bridgehead atoms. The van der Waals surface area contributed by atoms with Gasteiger partial charge in [-0.1, -0.05) is 89.9 Å². The molecule has 0 aliphatic heterocycles. The Morgan fingerprint density at radius 1 is 0.684 bits per heavy atom. The zero-order chi connectivity index (χ0) is 62.4. The quantitative estimate of drug-likeness (QED) is 0.00749. The van der Waals surface area contributed by atoms with Crippen molar-refractivity contribution in [3.8, 4) is 18.2 Å². The maximum Gasteiger partial charge on any atom is 0.394 e. The largest absolute Gasteiger partial charge is 0.481 e. The molecule has 5 aromatic rings. The number of carboxylic acids is 2. The van der Waals surface area contributed by atoms with E-state index in [0.29, 0.717) is 69.5 Å². The Kier molecular flexibility index (Phi) is 54.2. The van der Waals surface area contributed by atoms with E-state index in [4.69, 9.17) is 82.3 Å². The van der Waals surface area contributed by atoms with Crippen LogP contribution in [0, 0.1) is 24.2 Å². The number of alkyl halides is 1. The van der Waals surface area contributed by atoms with E-state index < -0.39 is 34.2 Å². The summed E-state index contributed by atoms with van der Waals surface area (Å²) < 4.78 is 73.0. The first-order valence-electron chi connectivity index (χ1n) is 21.3. The number of rotatable bonds is 14. The maximum absolute atomic E-state index is 11.4. The molecule has 2 atom stereocenters.